The van der Waals surface area contributed by atoms with E-state index in [2.05, 4.69) is 20.9 Å². The van der Waals surface area contributed by atoms with E-state index in [0.717, 1.165) is 15.7 Å². The van der Waals surface area contributed by atoms with Crippen molar-refractivity contribution in [3.05, 3.63) is 32.1 Å². The third kappa shape index (κ3) is 1.67. The molecule has 2 rings (SSSR count). The number of halogens is 4. The zero-order chi connectivity index (χ0) is 11.2. The van der Waals surface area contributed by atoms with Gasteiger partial charge in [-0.2, -0.15) is 13.2 Å². The van der Waals surface area contributed by atoms with Crippen molar-refractivity contribution in [2.45, 2.75) is 6.18 Å². The molecular weight excluding hydrogens is 297 g/mol. The monoisotopic (exact) mass is 298 g/mol. The molecule has 0 atom stereocenters. The fourth-order valence-electron chi connectivity index (χ4n) is 1.05. The lowest BCUT2D eigenvalue weighted by atomic mass is 10.4. The fraction of sp³-hybridized carbons (Fsp3) is 0.143. The van der Waals surface area contributed by atoms with E-state index < -0.39 is 21.9 Å². The van der Waals surface area contributed by atoms with Crippen LogP contribution >= 0.6 is 27.3 Å². The van der Waals surface area contributed by atoms with Crippen LogP contribution < -0.4 is 5.56 Å². The van der Waals surface area contributed by atoms with Crippen LogP contribution in [0.3, 0.4) is 0 Å². The summed E-state index contributed by atoms with van der Waals surface area (Å²) in [6.07, 6.45) is -3.25. The minimum Gasteiger partial charge on any atom is -0.268 e. The van der Waals surface area contributed by atoms with Crippen LogP contribution in [-0.4, -0.2) is 9.38 Å². The maximum Gasteiger partial charge on any atom is 0.434 e. The summed E-state index contributed by atoms with van der Waals surface area (Å²) in [4.78, 5) is 14.8. The second-order valence-electron chi connectivity index (χ2n) is 2.63. The summed E-state index contributed by atoms with van der Waals surface area (Å²) in [6.45, 7) is 0. The molecule has 0 aliphatic heterocycles. The Hall–Kier alpha value is -0.890. The highest BCUT2D eigenvalue weighted by atomic mass is 79.9. The van der Waals surface area contributed by atoms with Gasteiger partial charge in [-0.05, 0) is 15.9 Å². The smallest absolute Gasteiger partial charge is 0.268 e. The molecule has 0 saturated heterocycles. The van der Waals surface area contributed by atoms with Crippen molar-refractivity contribution in [1.82, 2.24) is 9.38 Å². The van der Waals surface area contributed by atoms with Crippen LogP contribution in [0.4, 0.5) is 13.2 Å². The molecule has 0 aromatic carbocycles. The molecule has 80 valence electrons. The van der Waals surface area contributed by atoms with Crippen LogP contribution in [-0.2, 0) is 6.18 Å². The Morgan fingerprint density at radius 2 is 2.13 bits per heavy atom. The Labute approximate surface area is 93.3 Å². The van der Waals surface area contributed by atoms with E-state index in [1.165, 1.54) is 11.6 Å². The topological polar surface area (TPSA) is 34.4 Å². The molecule has 0 spiro atoms. The first kappa shape index (κ1) is 10.6. The van der Waals surface area contributed by atoms with Crippen molar-refractivity contribution < 1.29 is 13.2 Å². The Morgan fingerprint density at radius 3 is 2.73 bits per heavy atom. The quantitative estimate of drug-likeness (QED) is 0.749. The second-order valence-corrected chi connectivity index (χ2v) is 4.30. The summed E-state index contributed by atoms with van der Waals surface area (Å²) in [6, 6.07) is 0. The normalized spacial score (nSPS) is 12.3. The van der Waals surface area contributed by atoms with Crippen molar-refractivity contribution in [3.63, 3.8) is 0 Å². The fourth-order valence-corrected chi connectivity index (χ4v) is 2.26. The van der Waals surface area contributed by atoms with Crippen molar-refractivity contribution >= 4 is 32.2 Å². The number of thiazole rings is 1. The summed E-state index contributed by atoms with van der Waals surface area (Å²) in [5.41, 5.74) is -1.94. The highest BCUT2D eigenvalue weighted by molar-refractivity contribution is 9.10. The predicted octanol–water partition coefficient (Wildman–Crippen LogP) is 2.54. The average Bonchev–Trinajstić information content (AvgIpc) is 2.57. The Kier molecular flexibility index (Phi) is 2.34. The van der Waals surface area contributed by atoms with E-state index in [0.29, 0.717) is 0 Å². The molecule has 0 bridgehead atoms. The highest BCUT2D eigenvalue weighted by Gasteiger charge is 2.37. The number of aromatic nitrogens is 2. The summed E-state index contributed by atoms with van der Waals surface area (Å²) in [5.74, 6) is 0. The van der Waals surface area contributed by atoms with Crippen LogP contribution in [0, 0.1) is 0 Å². The van der Waals surface area contributed by atoms with Gasteiger partial charge in [-0.25, -0.2) is 4.98 Å². The molecule has 0 amide bonds. The van der Waals surface area contributed by atoms with Crippen LogP contribution in [0.5, 0.6) is 0 Å². The second kappa shape index (κ2) is 3.31. The molecule has 15 heavy (non-hydrogen) atoms. The first-order valence-electron chi connectivity index (χ1n) is 3.64. The van der Waals surface area contributed by atoms with Gasteiger partial charge in [-0.15, -0.1) is 11.3 Å². The minimum absolute atomic E-state index is 0.0236. The maximum absolute atomic E-state index is 12.4. The van der Waals surface area contributed by atoms with Gasteiger partial charge in [0.1, 0.15) is 4.47 Å². The molecule has 2 aromatic heterocycles. The van der Waals surface area contributed by atoms with E-state index in [9.17, 15) is 18.0 Å². The lowest BCUT2D eigenvalue weighted by molar-refractivity contribution is -0.141. The lowest BCUT2D eigenvalue weighted by Crippen LogP contribution is -2.21. The largest absolute Gasteiger partial charge is 0.434 e. The van der Waals surface area contributed by atoms with Crippen molar-refractivity contribution in [3.8, 4) is 0 Å². The first-order valence-corrected chi connectivity index (χ1v) is 5.31. The van der Waals surface area contributed by atoms with E-state index in [1.807, 2.05) is 0 Å². The Bertz CT molecular complexity index is 574. The number of alkyl halides is 3. The van der Waals surface area contributed by atoms with Crippen LogP contribution in [0.25, 0.3) is 4.96 Å². The molecule has 0 saturated carbocycles. The van der Waals surface area contributed by atoms with Gasteiger partial charge in [-0.3, -0.25) is 9.20 Å². The number of nitrogens with zero attached hydrogens (tertiary/aromatic N) is 2. The molecule has 0 fully saturated rings. The van der Waals surface area contributed by atoms with Crippen molar-refractivity contribution in [2.24, 2.45) is 0 Å². The molecule has 0 unspecified atom stereocenters. The van der Waals surface area contributed by atoms with Gasteiger partial charge in [0.05, 0.1) is 0 Å². The molecule has 8 heteroatoms. The molecule has 0 radical (unpaired) electrons. The van der Waals surface area contributed by atoms with Crippen LogP contribution in [0.2, 0.25) is 0 Å². The third-order valence-electron chi connectivity index (χ3n) is 1.68. The maximum atomic E-state index is 12.4. The van der Waals surface area contributed by atoms with Gasteiger partial charge in [0.15, 0.2) is 10.7 Å². The van der Waals surface area contributed by atoms with E-state index in [4.69, 9.17) is 0 Å². The summed E-state index contributed by atoms with van der Waals surface area (Å²) in [5, 5.41) is 1.50. The van der Waals surface area contributed by atoms with E-state index >= 15 is 0 Å². The number of hydrogen-bond donors (Lipinski definition) is 0. The van der Waals surface area contributed by atoms with Gasteiger partial charge in [0, 0.05) is 11.6 Å². The van der Waals surface area contributed by atoms with Crippen LogP contribution in [0.15, 0.2) is 20.8 Å². The summed E-state index contributed by atoms with van der Waals surface area (Å²) < 4.78 is 37.8. The van der Waals surface area contributed by atoms with E-state index in [1.54, 1.807) is 0 Å². The standard InChI is InChI=1S/C7H2BrF3N2OS/c8-3-4(7(9,10)11)12-6-13(5(3)14)1-2-15-6/h1-2H. The molecular formula is C7H2BrF3N2OS. The number of rotatable bonds is 0. The molecule has 2 heterocycles. The minimum atomic E-state index is -4.63. The Morgan fingerprint density at radius 1 is 1.47 bits per heavy atom. The van der Waals surface area contributed by atoms with Gasteiger partial charge in [-0.1, -0.05) is 0 Å². The number of hydrogen-bond acceptors (Lipinski definition) is 3. The molecule has 3 nitrogen and oxygen atoms in total. The highest BCUT2D eigenvalue weighted by Crippen LogP contribution is 2.32. The lowest BCUT2D eigenvalue weighted by Gasteiger charge is -2.07. The first-order chi connectivity index (χ1) is 6.91. The van der Waals surface area contributed by atoms with Crippen molar-refractivity contribution in [1.29, 1.82) is 0 Å². The summed E-state index contributed by atoms with van der Waals surface area (Å²) >= 11 is 3.58. The number of fused-ring (bicyclic) bond motifs is 1. The third-order valence-corrected chi connectivity index (χ3v) is 3.15. The van der Waals surface area contributed by atoms with Gasteiger partial charge in [0.2, 0.25) is 0 Å². The van der Waals surface area contributed by atoms with Gasteiger partial charge < -0.3 is 0 Å². The molecule has 2 aromatic rings. The Balaban J connectivity index is 2.88. The zero-order valence-electron chi connectivity index (χ0n) is 6.88. The van der Waals surface area contributed by atoms with E-state index in [-0.39, 0.29) is 4.96 Å². The van der Waals surface area contributed by atoms with Gasteiger partial charge >= 0.3 is 6.18 Å². The van der Waals surface area contributed by atoms with Crippen LogP contribution in [0.1, 0.15) is 5.69 Å². The van der Waals surface area contributed by atoms with Gasteiger partial charge in [0.25, 0.3) is 5.56 Å². The average molecular weight is 299 g/mol. The molecule has 0 aliphatic rings. The molecule has 0 aliphatic carbocycles. The SMILES string of the molecule is O=c1c(Br)c(C(F)(F)F)nc2sccn12. The summed E-state index contributed by atoms with van der Waals surface area (Å²) in [7, 11) is 0. The van der Waals surface area contributed by atoms with Crippen molar-refractivity contribution in [2.75, 3.05) is 0 Å². The molecule has 0 N–H and O–H groups in total. The zero-order valence-corrected chi connectivity index (χ0v) is 9.28. The predicted molar refractivity (Wildman–Crippen MR) is 52.0 cm³/mol.